The summed E-state index contributed by atoms with van der Waals surface area (Å²) in [4.78, 5) is 23.0. The van der Waals surface area contributed by atoms with Gasteiger partial charge in [-0.15, -0.1) is 0 Å². The van der Waals surface area contributed by atoms with E-state index in [1.165, 1.54) is 18.2 Å². The van der Waals surface area contributed by atoms with Gasteiger partial charge in [-0.25, -0.2) is 4.79 Å². The molecule has 0 aliphatic heterocycles. The molecule has 0 fully saturated rings. The standard InChI is InChI=1S/C16H14ClNO4/c1-10-3-2-4-12(7-10)22-9-15(19)18-14-8-11(17)5-6-13(14)16(20)21/h2-8H,9H2,1H3,(H,18,19)(H,20,21). The lowest BCUT2D eigenvalue weighted by molar-refractivity contribution is -0.118. The summed E-state index contributed by atoms with van der Waals surface area (Å²) in [5, 5.41) is 11.9. The number of halogens is 1. The van der Waals surface area contributed by atoms with Gasteiger partial charge in [-0.05, 0) is 42.8 Å². The number of carboxylic acid groups (broad SMARTS) is 1. The SMILES string of the molecule is Cc1cccc(OCC(=O)Nc2cc(Cl)ccc2C(=O)O)c1. The zero-order valence-corrected chi connectivity index (χ0v) is 12.6. The van der Waals surface area contributed by atoms with Gasteiger partial charge in [0.15, 0.2) is 6.61 Å². The first-order valence-electron chi connectivity index (χ1n) is 6.48. The van der Waals surface area contributed by atoms with Crippen LogP contribution in [0.1, 0.15) is 15.9 Å². The Morgan fingerprint density at radius 1 is 1.23 bits per heavy atom. The van der Waals surface area contributed by atoms with Gasteiger partial charge in [0, 0.05) is 5.02 Å². The highest BCUT2D eigenvalue weighted by Crippen LogP contribution is 2.21. The first-order valence-corrected chi connectivity index (χ1v) is 6.85. The number of benzene rings is 2. The van der Waals surface area contributed by atoms with Crippen LogP contribution in [0.15, 0.2) is 42.5 Å². The van der Waals surface area contributed by atoms with Gasteiger partial charge in [-0.1, -0.05) is 23.7 Å². The molecule has 2 aromatic carbocycles. The highest BCUT2D eigenvalue weighted by Gasteiger charge is 2.13. The summed E-state index contributed by atoms with van der Waals surface area (Å²) in [6.45, 7) is 1.69. The van der Waals surface area contributed by atoms with Crippen molar-refractivity contribution in [3.8, 4) is 5.75 Å². The second kappa shape index (κ2) is 6.95. The van der Waals surface area contributed by atoms with Crippen molar-refractivity contribution in [2.45, 2.75) is 6.92 Å². The van der Waals surface area contributed by atoms with Crippen molar-refractivity contribution in [2.24, 2.45) is 0 Å². The lowest BCUT2D eigenvalue weighted by Crippen LogP contribution is -2.21. The predicted octanol–water partition coefficient (Wildman–Crippen LogP) is 3.36. The minimum Gasteiger partial charge on any atom is -0.484 e. The molecule has 6 heteroatoms. The van der Waals surface area contributed by atoms with Crippen LogP contribution in [0.5, 0.6) is 5.75 Å². The number of hydrogen-bond donors (Lipinski definition) is 2. The van der Waals surface area contributed by atoms with Gasteiger partial charge >= 0.3 is 5.97 Å². The molecule has 0 bridgehead atoms. The van der Waals surface area contributed by atoms with Gasteiger partial charge in [0.2, 0.25) is 0 Å². The van der Waals surface area contributed by atoms with Gasteiger partial charge < -0.3 is 15.2 Å². The molecule has 114 valence electrons. The summed E-state index contributed by atoms with van der Waals surface area (Å²) in [6.07, 6.45) is 0. The third-order valence-corrected chi connectivity index (χ3v) is 3.08. The van der Waals surface area contributed by atoms with Gasteiger partial charge in [0.25, 0.3) is 5.91 Å². The van der Waals surface area contributed by atoms with Crippen molar-refractivity contribution in [1.29, 1.82) is 0 Å². The quantitative estimate of drug-likeness (QED) is 0.886. The number of aromatic carboxylic acids is 1. The molecule has 0 atom stereocenters. The van der Waals surface area contributed by atoms with Crippen LogP contribution in [0.4, 0.5) is 5.69 Å². The summed E-state index contributed by atoms with van der Waals surface area (Å²) >= 11 is 5.82. The fourth-order valence-corrected chi connectivity index (χ4v) is 2.02. The normalized spacial score (nSPS) is 10.1. The van der Waals surface area contributed by atoms with E-state index in [4.69, 9.17) is 21.4 Å². The Kier molecular flexibility index (Phi) is 5.01. The van der Waals surface area contributed by atoms with Crippen molar-refractivity contribution in [3.05, 3.63) is 58.6 Å². The third kappa shape index (κ3) is 4.23. The van der Waals surface area contributed by atoms with Crippen LogP contribution in [0, 0.1) is 6.92 Å². The maximum absolute atomic E-state index is 11.9. The lowest BCUT2D eigenvalue weighted by Gasteiger charge is -2.10. The predicted molar refractivity (Wildman–Crippen MR) is 83.7 cm³/mol. The maximum Gasteiger partial charge on any atom is 0.337 e. The number of amides is 1. The topological polar surface area (TPSA) is 75.6 Å². The maximum atomic E-state index is 11.9. The first kappa shape index (κ1) is 15.9. The zero-order valence-electron chi connectivity index (χ0n) is 11.8. The van der Waals surface area contributed by atoms with Crippen LogP contribution in [-0.4, -0.2) is 23.6 Å². The number of ether oxygens (including phenoxy) is 1. The number of rotatable bonds is 5. The van der Waals surface area contributed by atoms with Crippen molar-refractivity contribution in [3.63, 3.8) is 0 Å². The van der Waals surface area contributed by atoms with Gasteiger partial charge in [-0.2, -0.15) is 0 Å². The average Bonchev–Trinajstić information content (AvgIpc) is 2.45. The molecular weight excluding hydrogens is 306 g/mol. The molecule has 0 saturated carbocycles. The van der Waals surface area contributed by atoms with Crippen LogP contribution in [0.25, 0.3) is 0 Å². The van der Waals surface area contributed by atoms with E-state index in [1.807, 2.05) is 19.1 Å². The molecule has 0 saturated heterocycles. The third-order valence-electron chi connectivity index (χ3n) is 2.85. The minimum atomic E-state index is -1.15. The molecule has 2 aromatic rings. The number of carbonyl (C=O) groups excluding carboxylic acids is 1. The van der Waals surface area contributed by atoms with Crippen LogP contribution in [0.2, 0.25) is 5.02 Å². The molecule has 22 heavy (non-hydrogen) atoms. The summed E-state index contributed by atoms with van der Waals surface area (Å²) in [5.74, 6) is -1.04. The van der Waals surface area contributed by atoms with E-state index in [0.717, 1.165) is 5.56 Å². The zero-order chi connectivity index (χ0) is 16.1. The molecule has 0 aliphatic rings. The van der Waals surface area contributed by atoms with Gasteiger partial charge in [0.05, 0.1) is 11.3 Å². The highest BCUT2D eigenvalue weighted by atomic mass is 35.5. The number of aryl methyl sites for hydroxylation is 1. The molecular formula is C16H14ClNO4. The van der Waals surface area contributed by atoms with Crippen LogP contribution < -0.4 is 10.1 Å². The molecule has 5 nitrogen and oxygen atoms in total. The summed E-state index contributed by atoms with van der Waals surface area (Å²) in [5.41, 5.74) is 1.12. The Hall–Kier alpha value is -2.53. The van der Waals surface area contributed by atoms with Gasteiger partial charge in [-0.3, -0.25) is 4.79 Å². The average molecular weight is 320 g/mol. The van der Waals surface area contributed by atoms with Crippen molar-refractivity contribution in [1.82, 2.24) is 0 Å². The summed E-state index contributed by atoms with van der Waals surface area (Å²) < 4.78 is 5.36. The van der Waals surface area contributed by atoms with Crippen molar-refractivity contribution >= 4 is 29.2 Å². The molecule has 0 heterocycles. The Morgan fingerprint density at radius 2 is 2.00 bits per heavy atom. The highest BCUT2D eigenvalue weighted by molar-refractivity contribution is 6.31. The number of anilines is 1. The number of hydrogen-bond acceptors (Lipinski definition) is 3. The Morgan fingerprint density at radius 3 is 2.68 bits per heavy atom. The molecule has 0 aliphatic carbocycles. The minimum absolute atomic E-state index is 0.0340. The molecule has 2 N–H and O–H groups in total. The number of carbonyl (C=O) groups is 2. The second-order valence-corrected chi connectivity index (χ2v) is 5.08. The number of carboxylic acids is 1. The van der Waals surface area contributed by atoms with E-state index in [9.17, 15) is 9.59 Å². The first-order chi connectivity index (χ1) is 10.5. The van der Waals surface area contributed by atoms with E-state index in [-0.39, 0.29) is 17.9 Å². The molecule has 2 rings (SSSR count). The molecule has 1 amide bonds. The monoisotopic (exact) mass is 319 g/mol. The van der Waals surface area contributed by atoms with E-state index in [2.05, 4.69) is 5.32 Å². The van der Waals surface area contributed by atoms with Crippen LogP contribution in [-0.2, 0) is 4.79 Å². The molecule has 0 radical (unpaired) electrons. The Bertz CT molecular complexity index is 715. The van der Waals surface area contributed by atoms with Crippen molar-refractivity contribution in [2.75, 3.05) is 11.9 Å². The molecule has 0 aromatic heterocycles. The fourth-order valence-electron chi connectivity index (χ4n) is 1.85. The molecule has 0 unspecified atom stereocenters. The lowest BCUT2D eigenvalue weighted by atomic mass is 10.2. The number of nitrogens with one attached hydrogen (secondary N) is 1. The van der Waals surface area contributed by atoms with Gasteiger partial charge in [0.1, 0.15) is 5.75 Å². The molecule has 0 spiro atoms. The van der Waals surface area contributed by atoms with E-state index >= 15 is 0 Å². The summed E-state index contributed by atoms with van der Waals surface area (Å²) in [6, 6.07) is 11.4. The smallest absolute Gasteiger partial charge is 0.337 e. The van der Waals surface area contributed by atoms with E-state index in [0.29, 0.717) is 10.8 Å². The largest absolute Gasteiger partial charge is 0.484 e. The Balaban J connectivity index is 2.03. The van der Waals surface area contributed by atoms with Crippen molar-refractivity contribution < 1.29 is 19.4 Å². The summed E-state index contributed by atoms with van der Waals surface area (Å²) in [7, 11) is 0. The van der Waals surface area contributed by atoms with Crippen LogP contribution >= 0.6 is 11.6 Å². The fraction of sp³-hybridized carbons (Fsp3) is 0.125. The van der Waals surface area contributed by atoms with Crippen LogP contribution in [0.3, 0.4) is 0 Å². The van der Waals surface area contributed by atoms with E-state index < -0.39 is 11.9 Å². The second-order valence-electron chi connectivity index (χ2n) is 4.65. The Labute approximate surface area is 132 Å². The van der Waals surface area contributed by atoms with E-state index in [1.54, 1.807) is 12.1 Å².